The van der Waals surface area contributed by atoms with E-state index in [4.69, 9.17) is 9.72 Å². The highest BCUT2D eigenvalue weighted by Gasteiger charge is 2.25. The Hall–Kier alpha value is -3.18. The number of nitrogens with zero attached hydrogens (tertiary/aromatic N) is 2. The summed E-state index contributed by atoms with van der Waals surface area (Å²) in [4.78, 5) is 20.6. The number of rotatable bonds is 5. The van der Waals surface area contributed by atoms with Crippen LogP contribution >= 0.6 is 15.9 Å². The molecule has 34 heavy (non-hydrogen) atoms. The highest BCUT2D eigenvalue weighted by atomic mass is 79.9. The first-order valence-corrected chi connectivity index (χ1v) is 12.5. The Kier molecular flexibility index (Phi) is 6.63. The summed E-state index contributed by atoms with van der Waals surface area (Å²) in [5.74, 6) is 1.49. The Morgan fingerprint density at radius 2 is 1.74 bits per heavy atom. The predicted octanol–water partition coefficient (Wildman–Crippen LogP) is 6.77. The van der Waals surface area contributed by atoms with Crippen LogP contribution in [0, 0.1) is 5.92 Å². The van der Waals surface area contributed by atoms with Gasteiger partial charge in [0.05, 0.1) is 23.9 Å². The van der Waals surface area contributed by atoms with Gasteiger partial charge in [0.15, 0.2) is 0 Å². The molecule has 1 aliphatic heterocycles. The molecule has 0 spiro atoms. The van der Waals surface area contributed by atoms with Crippen LogP contribution < -0.4 is 4.74 Å². The molecule has 2 heterocycles. The van der Waals surface area contributed by atoms with Crippen molar-refractivity contribution in [3.05, 3.63) is 94.5 Å². The largest absolute Gasteiger partial charge is 0.497 e. The molecule has 1 fully saturated rings. The van der Waals surface area contributed by atoms with Crippen LogP contribution in [0.4, 0.5) is 0 Å². The van der Waals surface area contributed by atoms with Gasteiger partial charge in [-0.25, -0.2) is 4.98 Å². The van der Waals surface area contributed by atoms with Crippen molar-refractivity contribution in [3.8, 4) is 17.0 Å². The van der Waals surface area contributed by atoms with E-state index < -0.39 is 0 Å². The van der Waals surface area contributed by atoms with Crippen molar-refractivity contribution >= 4 is 32.7 Å². The third kappa shape index (κ3) is 4.85. The average molecular weight is 515 g/mol. The van der Waals surface area contributed by atoms with E-state index in [2.05, 4.69) is 46.3 Å². The summed E-state index contributed by atoms with van der Waals surface area (Å²) in [5, 5.41) is 0.878. The topological polar surface area (TPSA) is 42.4 Å². The molecule has 5 rings (SSSR count). The maximum Gasteiger partial charge on any atom is 0.254 e. The fourth-order valence-corrected chi connectivity index (χ4v) is 5.10. The molecule has 5 heteroatoms. The van der Waals surface area contributed by atoms with Crippen molar-refractivity contribution in [1.82, 2.24) is 9.88 Å². The molecule has 1 aliphatic rings. The van der Waals surface area contributed by atoms with Crippen LogP contribution in [-0.4, -0.2) is 36.0 Å². The van der Waals surface area contributed by atoms with Gasteiger partial charge in [-0.2, -0.15) is 0 Å². The number of piperidine rings is 1. The van der Waals surface area contributed by atoms with E-state index in [1.54, 1.807) is 7.11 Å². The number of fused-ring (bicyclic) bond motifs is 1. The molecule has 0 saturated carbocycles. The van der Waals surface area contributed by atoms with Crippen LogP contribution in [0.1, 0.15) is 28.8 Å². The van der Waals surface area contributed by atoms with Crippen LogP contribution in [0.2, 0.25) is 0 Å². The van der Waals surface area contributed by atoms with Gasteiger partial charge in [0.25, 0.3) is 5.91 Å². The first-order valence-electron chi connectivity index (χ1n) is 11.7. The number of benzene rings is 3. The Morgan fingerprint density at radius 3 is 2.44 bits per heavy atom. The molecule has 0 radical (unpaired) electrons. The summed E-state index contributed by atoms with van der Waals surface area (Å²) in [5.41, 5.74) is 4.65. The summed E-state index contributed by atoms with van der Waals surface area (Å²) in [6.45, 7) is 1.57. The molecule has 0 atom stereocenters. The maximum absolute atomic E-state index is 13.7. The Bertz CT molecular complexity index is 1300. The minimum atomic E-state index is 0.0819. The first kappa shape index (κ1) is 22.6. The van der Waals surface area contributed by atoms with E-state index in [-0.39, 0.29) is 5.91 Å². The smallest absolute Gasteiger partial charge is 0.254 e. The Balaban J connectivity index is 1.41. The highest BCUT2D eigenvalue weighted by Crippen LogP contribution is 2.30. The molecule has 0 bridgehead atoms. The maximum atomic E-state index is 13.7. The molecule has 1 aromatic heterocycles. The zero-order chi connectivity index (χ0) is 23.5. The first-order chi connectivity index (χ1) is 16.6. The second-order valence-corrected chi connectivity index (χ2v) is 9.79. The van der Waals surface area contributed by atoms with E-state index >= 15 is 0 Å². The van der Waals surface area contributed by atoms with Crippen LogP contribution in [0.25, 0.3) is 22.2 Å². The van der Waals surface area contributed by atoms with Crippen molar-refractivity contribution in [2.75, 3.05) is 20.2 Å². The third-order valence-corrected chi connectivity index (χ3v) is 7.15. The predicted molar refractivity (Wildman–Crippen MR) is 140 cm³/mol. The van der Waals surface area contributed by atoms with Crippen LogP contribution in [0.15, 0.2) is 83.3 Å². The molecular weight excluding hydrogens is 488 g/mol. The van der Waals surface area contributed by atoms with Crippen LogP contribution in [0.5, 0.6) is 5.75 Å². The second-order valence-electron chi connectivity index (χ2n) is 8.87. The number of halogens is 1. The minimum Gasteiger partial charge on any atom is -0.497 e. The number of pyridine rings is 1. The van der Waals surface area contributed by atoms with Gasteiger partial charge in [0, 0.05) is 28.5 Å². The molecule has 3 aromatic carbocycles. The standard InChI is InChI=1S/C29H27BrN2O2/c1-34-24-10-7-22(8-11-24)28-19-26(25-18-23(30)9-12-27(25)31-28)29(33)32-15-13-21(14-16-32)17-20-5-3-2-4-6-20/h2-12,18-19,21H,13-17H2,1H3. The number of methoxy groups -OCH3 is 1. The van der Waals surface area contributed by atoms with Gasteiger partial charge in [-0.05, 0) is 79.3 Å². The van der Waals surface area contributed by atoms with Crippen molar-refractivity contribution in [1.29, 1.82) is 0 Å². The van der Waals surface area contributed by atoms with E-state index in [0.717, 1.165) is 64.7 Å². The number of hydrogen-bond acceptors (Lipinski definition) is 3. The number of amides is 1. The van der Waals surface area contributed by atoms with Crippen molar-refractivity contribution < 1.29 is 9.53 Å². The summed E-state index contributed by atoms with van der Waals surface area (Å²) in [6.07, 6.45) is 3.13. The van der Waals surface area contributed by atoms with Crippen LogP contribution in [-0.2, 0) is 6.42 Å². The van der Waals surface area contributed by atoms with Gasteiger partial charge in [0.1, 0.15) is 5.75 Å². The number of ether oxygens (including phenoxy) is 1. The number of hydrogen-bond donors (Lipinski definition) is 0. The van der Waals surface area contributed by atoms with Crippen molar-refractivity contribution in [2.45, 2.75) is 19.3 Å². The molecule has 172 valence electrons. The van der Waals surface area contributed by atoms with Gasteiger partial charge in [-0.15, -0.1) is 0 Å². The van der Waals surface area contributed by atoms with E-state index in [9.17, 15) is 4.79 Å². The molecule has 1 amide bonds. The summed E-state index contributed by atoms with van der Waals surface area (Å²) < 4.78 is 6.23. The van der Waals surface area contributed by atoms with E-state index in [1.807, 2.05) is 53.4 Å². The number of carbonyl (C=O) groups excluding carboxylic acids is 1. The van der Waals surface area contributed by atoms with Crippen LogP contribution in [0.3, 0.4) is 0 Å². The monoisotopic (exact) mass is 514 g/mol. The quantitative estimate of drug-likeness (QED) is 0.295. The van der Waals surface area contributed by atoms with Gasteiger partial charge in [0.2, 0.25) is 0 Å². The molecule has 4 aromatic rings. The van der Waals surface area contributed by atoms with Gasteiger partial charge in [-0.1, -0.05) is 46.3 Å². The molecular formula is C29H27BrN2O2. The van der Waals surface area contributed by atoms with Gasteiger partial charge < -0.3 is 9.64 Å². The van der Waals surface area contributed by atoms with E-state index in [1.165, 1.54) is 5.56 Å². The molecule has 4 nitrogen and oxygen atoms in total. The fourth-order valence-electron chi connectivity index (χ4n) is 4.74. The lowest BCUT2D eigenvalue weighted by Gasteiger charge is -2.32. The highest BCUT2D eigenvalue weighted by molar-refractivity contribution is 9.10. The average Bonchev–Trinajstić information content (AvgIpc) is 2.89. The third-order valence-electron chi connectivity index (χ3n) is 6.66. The fraction of sp³-hybridized carbons (Fsp3) is 0.241. The molecule has 1 saturated heterocycles. The number of aromatic nitrogens is 1. The molecule has 0 unspecified atom stereocenters. The summed E-state index contributed by atoms with van der Waals surface area (Å²) in [6, 6.07) is 26.3. The SMILES string of the molecule is COc1ccc(-c2cc(C(=O)N3CCC(Cc4ccccc4)CC3)c3cc(Br)ccc3n2)cc1. The zero-order valence-electron chi connectivity index (χ0n) is 19.2. The lowest BCUT2D eigenvalue weighted by molar-refractivity contribution is 0.0692. The Morgan fingerprint density at radius 1 is 1.00 bits per heavy atom. The number of likely N-dealkylation sites (tertiary alicyclic amines) is 1. The lowest BCUT2D eigenvalue weighted by Crippen LogP contribution is -2.39. The summed E-state index contributed by atoms with van der Waals surface area (Å²) >= 11 is 3.56. The summed E-state index contributed by atoms with van der Waals surface area (Å²) in [7, 11) is 1.65. The second kappa shape index (κ2) is 9.98. The van der Waals surface area contributed by atoms with Gasteiger partial charge >= 0.3 is 0 Å². The van der Waals surface area contributed by atoms with E-state index in [0.29, 0.717) is 11.5 Å². The molecule has 0 aliphatic carbocycles. The lowest BCUT2D eigenvalue weighted by atomic mass is 9.90. The minimum absolute atomic E-state index is 0.0819. The van der Waals surface area contributed by atoms with Crippen molar-refractivity contribution in [3.63, 3.8) is 0 Å². The zero-order valence-corrected chi connectivity index (χ0v) is 20.8. The van der Waals surface area contributed by atoms with Gasteiger partial charge in [-0.3, -0.25) is 4.79 Å². The normalized spacial score (nSPS) is 14.4. The number of carbonyl (C=O) groups is 1. The van der Waals surface area contributed by atoms with Crippen molar-refractivity contribution in [2.24, 2.45) is 5.92 Å². The molecule has 0 N–H and O–H groups in total. The Labute approximate surface area is 208 Å².